The number of aryl methyl sites for hydroxylation is 3. The van der Waals surface area contributed by atoms with Crippen LogP contribution in [0.1, 0.15) is 23.6 Å². The summed E-state index contributed by atoms with van der Waals surface area (Å²) in [7, 11) is -3.88. The number of ether oxygens (including phenoxy) is 1. The number of H-pyrrole nitrogens is 1. The van der Waals surface area contributed by atoms with Gasteiger partial charge in [0.1, 0.15) is 11.9 Å². The maximum atomic E-state index is 13.8. The molecule has 0 bridgehead atoms. The molecule has 0 saturated carbocycles. The Balaban J connectivity index is 1.54. The predicted molar refractivity (Wildman–Crippen MR) is 130 cm³/mol. The number of hydrogen-bond donors (Lipinski definition) is 1. The van der Waals surface area contributed by atoms with E-state index in [0.717, 1.165) is 22.5 Å². The molecule has 3 heterocycles. The summed E-state index contributed by atoms with van der Waals surface area (Å²) in [5, 5.41) is 6.06. The van der Waals surface area contributed by atoms with E-state index < -0.39 is 21.9 Å². The van der Waals surface area contributed by atoms with Gasteiger partial charge in [-0.25, -0.2) is 18.3 Å². The molecule has 5 rings (SSSR count). The SMILES string of the molecule is Cc1cccc(S(=O)(=O)N2C[C@H](CCc3n[nH]c(=O)o3)Oc3ccc(-c4cccc(C)n4)cc32)c1. The minimum atomic E-state index is -3.88. The first-order chi connectivity index (χ1) is 16.8. The van der Waals surface area contributed by atoms with E-state index in [4.69, 9.17) is 9.15 Å². The first-order valence-electron chi connectivity index (χ1n) is 11.2. The van der Waals surface area contributed by atoms with E-state index >= 15 is 0 Å². The molecule has 1 aliphatic rings. The third-order valence-electron chi connectivity index (χ3n) is 5.81. The number of hydrogen-bond acceptors (Lipinski definition) is 7. The Kier molecular flexibility index (Phi) is 5.89. The van der Waals surface area contributed by atoms with Gasteiger partial charge in [-0.3, -0.25) is 9.29 Å². The highest BCUT2D eigenvalue weighted by Gasteiger charge is 2.35. The molecule has 0 amide bonds. The van der Waals surface area contributed by atoms with Gasteiger partial charge in [0.15, 0.2) is 0 Å². The Hall–Kier alpha value is -3.92. The minimum Gasteiger partial charge on any atom is -0.486 e. The van der Waals surface area contributed by atoms with Crippen LogP contribution in [0.15, 0.2) is 74.8 Å². The third kappa shape index (κ3) is 4.69. The second kappa shape index (κ2) is 9.03. The average Bonchev–Trinajstić information content (AvgIpc) is 3.27. The van der Waals surface area contributed by atoms with Crippen LogP contribution in [0.3, 0.4) is 0 Å². The molecule has 1 atom stereocenters. The number of aromatic amines is 1. The molecular formula is C25H24N4O5S. The second-order valence-electron chi connectivity index (χ2n) is 8.48. The standard InChI is InChI=1S/C25H24N4O5S/c1-16-5-3-7-20(13-16)35(31,32)29-15-19(10-12-24-27-28-25(30)34-24)33-23-11-9-18(14-22(23)29)21-8-4-6-17(2)26-21/h3-9,11,13-14,19H,10,12,15H2,1-2H3,(H,28,30)/t19-/m0/s1. The number of aromatic nitrogens is 3. The van der Waals surface area contributed by atoms with Crippen molar-refractivity contribution in [3.63, 3.8) is 0 Å². The summed E-state index contributed by atoms with van der Waals surface area (Å²) in [4.78, 5) is 16.0. The highest BCUT2D eigenvalue weighted by molar-refractivity contribution is 7.92. The number of nitrogens with zero attached hydrogens (tertiary/aromatic N) is 3. The van der Waals surface area contributed by atoms with Crippen LogP contribution in [0, 0.1) is 13.8 Å². The molecular weight excluding hydrogens is 468 g/mol. The van der Waals surface area contributed by atoms with E-state index in [1.165, 1.54) is 4.31 Å². The summed E-state index contributed by atoms with van der Waals surface area (Å²) in [6, 6.07) is 18.0. The highest BCUT2D eigenvalue weighted by atomic mass is 32.2. The minimum absolute atomic E-state index is 0.0998. The van der Waals surface area contributed by atoms with Crippen molar-refractivity contribution in [2.45, 2.75) is 37.7 Å². The number of fused-ring (bicyclic) bond motifs is 1. The molecule has 180 valence electrons. The molecule has 10 heteroatoms. The molecule has 1 N–H and O–H groups in total. The van der Waals surface area contributed by atoms with E-state index in [1.54, 1.807) is 30.3 Å². The smallest absolute Gasteiger partial charge is 0.434 e. The molecule has 2 aromatic carbocycles. The first-order valence-corrected chi connectivity index (χ1v) is 12.6. The Morgan fingerprint density at radius 1 is 1.09 bits per heavy atom. The van der Waals surface area contributed by atoms with E-state index in [9.17, 15) is 13.2 Å². The van der Waals surface area contributed by atoms with Gasteiger partial charge in [0.25, 0.3) is 10.0 Å². The molecule has 35 heavy (non-hydrogen) atoms. The van der Waals surface area contributed by atoms with Gasteiger partial charge in [-0.2, -0.15) is 0 Å². The van der Waals surface area contributed by atoms with Crippen molar-refractivity contribution in [2.75, 3.05) is 10.8 Å². The van der Waals surface area contributed by atoms with Crippen molar-refractivity contribution >= 4 is 15.7 Å². The summed E-state index contributed by atoms with van der Waals surface area (Å²) >= 11 is 0. The van der Waals surface area contributed by atoms with Crippen molar-refractivity contribution < 1.29 is 17.6 Å². The topological polar surface area (TPSA) is 118 Å². The Labute approximate surface area is 202 Å². The van der Waals surface area contributed by atoms with Crippen LogP contribution in [-0.4, -0.2) is 36.2 Å². The van der Waals surface area contributed by atoms with Crippen molar-refractivity contribution in [3.8, 4) is 17.0 Å². The monoisotopic (exact) mass is 492 g/mol. The Bertz CT molecular complexity index is 1540. The first kappa shape index (κ1) is 22.9. The van der Waals surface area contributed by atoms with Crippen LogP contribution in [-0.2, 0) is 16.4 Å². The van der Waals surface area contributed by atoms with Crippen LogP contribution in [0.2, 0.25) is 0 Å². The van der Waals surface area contributed by atoms with E-state index in [1.807, 2.05) is 44.2 Å². The zero-order valence-corrected chi connectivity index (χ0v) is 20.1. The summed E-state index contributed by atoms with van der Waals surface area (Å²) < 4.78 is 40.2. The maximum absolute atomic E-state index is 13.8. The number of anilines is 1. The quantitative estimate of drug-likeness (QED) is 0.437. The molecule has 0 aliphatic carbocycles. The number of pyridine rings is 1. The molecule has 0 spiro atoms. The molecule has 0 fully saturated rings. The largest absolute Gasteiger partial charge is 0.486 e. The Morgan fingerprint density at radius 3 is 2.66 bits per heavy atom. The van der Waals surface area contributed by atoms with Gasteiger partial charge < -0.3 is 9.15 Å². The van der Waals surface area contributed by atoms with Gasteiger partial charge in [0.05, 0.1) is 22.8 Å². The number of benzene rings is 2. The van der Waals surface area contributed by atoms with Crippen LogP contribution in [0.5, 0.6) is 5.75 Å². The van der Waals surface area contributed by atoms with Crippen molar-refractivity contribution in [1.82, 2.24) is 15.2 Å². The fourth-order valence-corrected chi connectivity index (χ4v) is 5.71. The Morgan fingerprint density at radius 2 is 1.91 bits per heavy atom. The maximum Gasteiger partial charge on any atom is 0.434 e. The van der Waals surface area contributed by atoms with Crippen molar-refractivity contribution in [1.29, 1.82) is 0 Å². The second-order valence-corrected chi connectivity index (χ2v) is 10.3. The van der Waals surface area contributed by atoms with Crippen LogP contribution >= 0.6 is 0 Å². The van der Waals surface area contributed by atoms with Crippen LogP contribution < -0.4 is 14.8 Å². The summed E-state index contributed by atoms with van der Waals surface area (Å²) in [6.07, 6.45) is 0.267. The molecule has 1 aliphatic heterocycles. The number of nitrogens with one attached hydrogen (secondary N) is 1. The van der Waals surface area contributed by atoms with Crippen LogP contribution in [0.25, 0.3) is 11.3 Å². The molecule has 4 aromatic rings. The highest BCUT2D eigenvalue weighted by Crippen LogP contribution is 2.40. The molecule has 9 nitrogen and oxygen atoms in total. The number of sulfonamides is 1. The van der Waals surface area contributed by atoms with Gasteiger partial charge in [0, 0.05) is 17.7 Å². The van der Waals surface area contributed by atoms with E-state index in [0.29, 0.717) is 24.3 Å². The van der Waals surface area contributed by atoms with Crippen molar-refractivity contribution in [3.05, 3.63) is 88.4 Å². The number of rotatable bonds is 6. The molecule has 0 saturated heterocycles. The van der Waals surface area contributed by atoms with E-state index in [-0.39, 0.29) is 17.3 Å². The van der Waals surface area contributed by atoms with Gasteiger partial charge >= 0.3 is 5.76 Å². The van der Waals surface area contributed by atoms with E-state index in [2.05, 4.69) is 15.2 Å². The molecule has 2 aromatic heterocycles. The zero-order valence-electron chi connectivity index (χ0n) is 19.3. The lowest BCUT2D eigenvalue weighted by atomic mass is 10.1. The fourth-order valence-electron chi connectivity index (χ4n) is 4.11. The lowest BCUT2D eigenvalue weighted by molar-refractivity contribution is 0.187. The lowest BCUT2D eigenvalue weighted by Crippen LogP contribution is -2.43. The third-order valence-corrected chi connectivity index (χ3v) is 7.59. The zero-order chi connectivity index (χ0) is 24.6. The normalized spacial score (nSPS) is 15.5. The van der Waals surface area contributed by atoms with Gasteiger partial charge in [-0.1, -0.05) is 18.2 Å². The molecule has 0 unspecified atom stereocenters. The predicted octanol–water partition coefficient (Wildman–Crippen LogP) is 3.63. The van der Waals surface area contributed by atoms with Crippen molar-refractivity contribution in [2.24, 2.45) is 0 Å². The summed E-state index contributed by atoms with van der Waals surface area (Å²) in [6.45, 7) is 3.86. The fraction of sp³-hybridized carbons (Fsp3) is 0.240. The summed E-state index contributed by atoms with van der Waals surface area (Å²) in [5.74, 6) is 0.0755. The van der Waals surface area contributed by atoms with Gasteiger partial charge in [-0.05, 0) is 68.3 Å². The molecule has 0 radical (unpaired) electrons. The van der Waals surface area contributed by atoms with Gasteiger partial charge in [0.2, 0.25) is 5.89 Å². The lowest BCUT2D eigenvalue weighted by Gasteiger charge is -2.35. The summed E-state index contributed by atoms with van der Waals surface area (Å²) in [5.41, 5.74) is 3.71. The van der Waals surface area contributed by atoms with Crippen LogP contribution in [0.4, 0.5) is 5.69 Å². The average molecular weight is 493 g/mol. The van der Waals surface area contributed by atoms with Gasteiger partial charge in [-0.15, -0.1) is 5.10 Å².